The topological polar surface area (TPSA) is 0 Å². The van der Waals surface area contributed by atoms with Crippen molar-refractivity contribution in [2.75, 3.05) is 0 Å². The highest BCUT2D eigenvalue weighted by molar-refractivity contribution is 5.66. The summed E-state index contributed by atoms with van der Waals surface area (Å²) in [4.78, 5) is 0. The molecule has 0 fully saturated rings. The van der Waals surface area contributed by atoms with Crippen molar-refractivity contribution >= 4 is 0 Å². The van der Waals surface area contributed by atoms with Gasteiger partial charge in [-0.1, -0.05) is 67.5 Å². The van der Waals surface area contributed by atoms with Crippen LogP contribution in [0.1, 0.15) is 42.5 Å². The normalized spacial score (nSPS) is 9.93. The van der Waals surface area contributed by atoms with Crippen molar-refractivity contribution in [3.05, 3.63) is 94.6 Å². The maximum Gasteiger partial charge on any atom is 0.135 e. The first-order chi connectivity index (χ1) is 14.1. The molecule has 0 aliphatic heterocycles. The summed E-state index contributed by atoms with van der Waals surface area (Å²) < 4.78 is 29.2. The molecule has 0 saturated carbocycles. The average Bonchev–Trinajstić information content (AvgIpc) is 2.72. The Morgan fingerprint density at radius 2 is 1.34 bits per heavy atom. The van der Waals surface area contributed by atoms with Crippen LogP contribution in [0.25, 0.3) is 11.1 Å². The molecular formula is C27H22F2. The van der Waals surface area contributed by atoms with Gasteiger partial charge in [-0.25, -0.2) is 8.78 Å². The zero-order valence-corrected chi connectivity index (χ0v) is 16.7. The molecule has 0 bridgehead atoms. The highest BCUT2D eigenvalue weighted by Gasteiger charge is 2.13. The van der Waals surface area contributed by atoms with Crippen LogP contribution in [0.2, 0.25) is 0 Å². The maximum atomic E-state index is 14.6. The molecule has 3 aromatic carbocycles. The van der Waals surface area contributed by atoms with Gasteiger partial charge in [0.2, 0.25) is 0 Å². The van der Waals surface area contributed by atoms with Gasteiger partial charge in [-0.2, -0.15) is 0 Å². The van der Waals surface area contributed by atoms with Crippen LogP contribution in [0, 0.1) is 35.3 Å². The predicted molar refractivity (Wildman–Crippen MR) is 115 cm³/mol. The van der Waals surface area contributed by atoms with E-state index in [4.69, 9.17) is 0 Å². The van der Waals surface area contributed by atoms with E-state index in [1.807, 2.05) is 43.3 Å². The summed E-state index contributed by atoms with van der Waals surface area (Å²) in [5.41, 5.74) is 3.88. The largest absolute Gasteiger partial charge is 0.206 e. The van der Waals surface area contributed by atoms with E-state index in [0.717, 1.165) is 29.5 Å². The van der Waals surface area contributed by atoms with Gasteiger partial charge in [-0.15, -0.1) is 5.92 Å². The van der Waals surface area contributed by atoms with Crippen LogP contribution >= 0.6 is 0 Å². The van der Waals surface area contributed by atoms with E-state index >= 15 is 0 Å². The Morgan fingerprint density at radius 1 is 0.759 bits per heavy atom. The zero-order valence-electron chi connectivity index (χ0n) is 16.7. The van der Waals surface area contributed by atoms with E-state index in [0.29, 0.717) is 17.5 Å². The summed E-state index contributed by atoms with van der Waals surface area (Å²) in [5, 5.41) is 0. The Hall–Kier alpha value is -3.36. The van der Waals surface area contributed by atoms with Gasteiger partial charge in [-0.05, 0) is 54.3 Å². The van der Waals surface area contributed by atoms with Crippen LogP contribution in [-0.2, 0) is 12.8 Å². The lowest BCUT2D eigenvalue weighted by Crippen LogP contribution is -1.93. The van der Waals surface area contributed by atoms with Crippen LogP contribution in [0.4, 0.5) is 8.78 Å². The Kier molecular flexibility index (Phi) is 6.83. The number of hydrogen-bond acceptors (Lipinski definition) is 0. The Bertz CT molecular complexity index is 1080. The molecule has 3 rings (SSSR count). The maximum absolute atomic E-state index is 14.6. The SMILES string of the molecule is CC#CCc1ccc(C#Cc2cc(F)c(-c3ccc(CCC)cc3)c(F)c2)cc1. The molecule has 0 aromatic heterocycles. The van der Waals surface area contributed by atoms with Crippen LogP contribution in [0.15, 0.2) is 60.7 Å². The van der Waals surface area contributed by atoms with Gasteiger partial charge in [0, 0.05) is 17.5 Å². The molecule has 0 saturated heterocycles. The van der Waals surface area contributed by atoms with Crippen LogP contribution in [0.3, 0.4) is 0 Å². The van der Waals surface area contributed by atoms with Crippen molar-refractivity contribution in [2.24, 2.45) is 0 Å². The van der Waals surface area contributed by atoms with Crippen molar-refractivity contribution in [1.82, 2.24) is 0 Å². The minimum absolute atomic E-state index is 0.0139. The monoisotopic (exact) mass is 384 g/mol. The van der Waals surface area contributed by atoms with Gasteiger partial charge in [-0.3, -0.25) is 0 Å². The molecule has 0 nitrogen and oxygen atoms in total. The van der Waals surface area contributed by atoms with Crippen LogP contribution in [0.5, 0.6) is 0 Å². The number of rotatable bonds is 4. The van der Waals surface area contributed by atoms with Crippen molar-refractivity contribution in [3.63, 3.8) is 0 Å². The summed E-state index contributed by atoms with van der Waals surface area (Å²) in [7, 11) is 0. The predicted octanol–water partition coefficient (Wildman–Crippen LogP) is 6.55. The average molecular weight is 384 g/mol. The molecule has 2 heteroatoms. The van der Waals surface area contributed by atoms with Gasteiger partial charge in [0.25, 0.3) is 0 Å². The second kappa shape index (κ2) is 9.72. The van der Waals surface area contributed by atoms with Crippen LogP contribution in [-0.4, -0.2) is 0 Å². The smallest absolute Gasteiger partial charge is 0.135 e. The number of aryl methyl sites for hydroxylation is 1. The molecule has 0 heterocycles. The van der Waals surface area contributed by atoms with Gasteiger partial charge in [0.05, 0.1) is 5.56 Å². The number of halogens is 2. The Labute approximate surface area is 171 Å². The standard InChI is InChI=1S/C27H22F2/c1-3-5-7-21-8-10-22(11-9-21)12-13-23-18-25(28)27(26(29)19-23)24-16-14-20(6-4-2)15-17-24/h8-11,14-19H,4,6-7H2,1-2H3. The van der Waals surface area contributed by atoms with E-state index in [2.05, 4.69) is 30.6 Å². The first-order valence-corrected chi connectivity index (χ1v) is 9.69. The Balaban J connectivity index is 1.82. The summed E-state index contributed by atoms with van der Waals surface area (Å²) in [6.07, 6.45) is 2.68. The molecule has 0 amide bonds. The highest BCUT2D eigenvalue weighted by Crippen LogP contribution is 2.27. The molecule has 0 radical (unpaired) electrons. The van der Waals surface area contributed by atoms with Crippen molar-refractivity contribution in [3.8, 4) is 34.8 Å². The van der Waals surface area contributed by atoms with Crippen molar-refractivity contribution in [1.29, 1.82) is 0 Å². The molecule has 0 N–H and O–H groups in total. The third-order valence-electron chi connectivity index (χ3n) is 4.60. The number of hydrogen-bond donors (Lipinski definition) is 0. The van der Waals surface area contributed by atoms with Gasteiger partial charge >= 0.3 is 0 Å². The molecule has 0 aliphatic carbocycles. The molecule has 29 heavy (non-hydrogen) atoms. The van der Waals surface area contributed by atoms with Crippen molar-refractivity contribution in [2.45, 2.75) is 33.1 Å². The van der Waals surface area contributed by atoms with E-state index in [1.54, 1.807) is 12.1 Å². The summed E-state index contributed by atoms with van der Waals surface area (Å²) in [6, 6.07) is 17.6. The van der Waals surface area contributed by atoms with E-state index in [1.165, 1.54) is 12.1 Å². The molecule has 3 aromatic rings. The minimum atomic E-state index is -0.606. The van der Waals surface area contributed by atoms with Gasteiger partial charge < -0.3 is 0 Å². The first kappa shape index (κ1) is 20.4. The highest BCUT2D eigenvalue weighted by atomic mass is 19.1. The quantitative estimate of drug-likeness (QED) is 0.448. The molecule has 0 unspecified atom stereocenters. The lowest BCUT2D eigenvalue weighted by atomic mass is 10.00. The van der Waals surface area contributed by atoms with Crippen molar-refractivity contribution < 1.29 is 8.78 Å². The lowest BCUT2D eigenvalue weighted by molar-refractivity contribution is 0.589. The summed E-state index contributed by atoms with van der Waals surface area (Å²) >= 11 is 0. The summed E-state index contributed by atoms with van der Waals surface area (Å²) in [6.45, 7) is 3.91. The fourth-order valence-electron chi connectivity index (χ4n) is 3.09. The minimum Gasteiger partial charge on any atom is -0.206 e. The zero-order chi connectivity index (χ0) is 20.6. The molecule has 144 valence electrons. The second-order valence-electron chi connectivity index (χ2n) is 6.81. The molecule has 0 aliphatic rings. The summed E-state index contributed by atoms with van der Waals surface area (Å²) in [5.74, 6) is 10.5. The van der Waals surface area contributed by atoms with Crippen LogP contribution < -0.4 is 0 Å². The fraction of sp³-hybridized carbons (Fsp3) is 0.185. The third kappa shape index (κ3) is 5.34. The first-order valence-electron chi connectivity index (χ1n) is 9.69. The fourth-order valence-corrected chi connectivity index (χ4v) is 3.09. The Morgan fingerprint density at radius 3 is 1.93 bits per heavy atom. The van der Waals surface area contributed by atoms with E-state index in [-0.39, 0.29) is 5.56 Å². The van der Waals surface area contributed by atoms with Gasteiger partial charge in [0.15, 0.2) is 0 Å². The van der Waals surface area contributed by atoms with E-state index < -0.39 is 11.6 Å². The second-order valence-corrected chi connectivity index (χ2v) is 6.81. The third-order valence-corrected chi connectivity index (χ3v) is 4.60. The number of benzene rings is 3. The molecular weight excluding hydrogens is 362 g/mol. The molecule has 0 atom stereocenters. The molecule has 0 spiro atoms. The van der Waals surface area contributed by atoms with E-state index in [9.17, 15) is 8.78 Å². The lowest BCUT2D eigenvalue weighted by Gasteiger charge is -2.07. The van der Waals surface area contributed by atoms with Gasteiger partial charge in [0.1, 0.15) is 11.6 Å².